The van der Waals surface area contributed by atoms with Crippen LogP contribution in [0.3, 0.4) is 0 Å². The highest BCUT2D eigenvalue weighted by molar-refractivity contribution is 7.16. The molecule has 0 amide bonds. The monoisotopic (exact) mass is 305 g/mol. The molecule has 1 unspecified atom stereocenters. The Hall–Kier alpha value is -0.830. The molecule has 106 valence electrons. The molecule has 3 heteroatoms. The number of rotatable bonds is 4. The van der Waals surface area contributed by atoms with Crippen LogP contribution in [0.15, 0.2) is 36.4 Å². The SMILES string of the molecule is Cc1ccccc1C1CC(NC(C)c2ccc(Cl)s2)C1. The molecule has 1 saturated carbocycles. The summed E-state index contributed by atoms with van der Waals surface area (Å²) in [5.41, 5.74) is 2.95. The second kappa shape index (κ2) is 5.88. The molecule has 0 spiro atoms. The molecule has 3 rings (SSSR count). The molecule has 1 nitrogen and oxygen atoms in total. The van der Waals surface area contributed by atoms with E-state index in [0.29, 0.717) is 12.1 Å². The van der Waals surface area contributed by atoms with Crippen LogP contribution in [0.1, 0.15) is 47.7 Å². The minimum absolute atomic E-state index is 0.398. The molecule has 0 bridgehead atoms. The Morgan fingerprint density at radius 2 is 1.95 bits per heavy atom. The zero-order valence-corrected chi connectivity index (χ0v) is 13.5. The van der Waals surface area contributed by atoms with E-state index in [1.165, 1.54) is 28.8 Å². The predicted molar refractivity (Wildman–Crippen MR) is 87.8 cm³/mol. The van der Waals surface area contributed by atoms with Crippen molar-refractivity contribution in [1.82, 2.24) is 5.32 Å². The first kappa shape index (κ1) is 14.1. The number of hydrogen-bond acceptors (Lipinski definition) is 2. The predicted octanol–water partition coefficient (Wildman–Crippen LogP) is 5.31. The number of hydrogen-bond donors (Lipinski definition) is 1. The summed E-state index contributed by atoms with van der Waals surface area (Å²) in [4.78, 5) is 1.33. The number of halogens is 1. The average Bonchev–Trinajstić information content (AvgIpc) is 2.81. The van der Waals surface area contributed by atoms with E-state index in [1.54, 1.807) is 11.3 Å². The topological polar surface area (TPSA) is 12.0 Å². The van der Waals surface area contributed by atoms with Gasteiger partial charge in [-0.1, -0.05) is 35.9 Å². The molecule has 1 atom stereocenters. The Morgan fingerprint density at radius 1 is 1.20 bits per heavy atom. The van der Waals surface area contributed by atoms with E-state index in [-0.39, 0.29) is 0 Å². The van der Waals surface area contributed by atoms with Gasteiger partial charge < -0.3 is 5.32 Å². The summed E-state index contributed by atoms with van der Waals surface area (Å²) >= 11 is 7.68. The molecular formula is C17H20ClNS. The molecule has 1 aliphatic carbocycles. The Bertz CT molecular complexity index is 586. The van der Waals surface area contributed by atoms with Gasteiger partial charge in [0, 0.05) is 17.0 Å². The van der Waals surface area contributed by atoms with Crippen molar-refractivity contribution in [3.05, 3.63) is 56.7 Å². The highest BCUT2D eigenvalue weighted by atomic mass is 35.5. The van der Waals surface area contributed by atoms with Gasteiger partial charge in [0.1, 0.15) is 0 Å². The number of thiophene rings is 1. The first-order valence-corrected chi connectivity index (χ1v) is 8.39. The van der Waals surface area contributed by atoms with Crippen LogP contribution in [-0.2, 0) is 0 Å². The quantitative estimate of drug-likeness (QED) is 0.807. The van der Waals surface area contributed by atoms with Crippen molar-refractivity contribution in [3.8, 4) is 0 Å². The maximum absolute atomic E-state index is 6.00. The van der Waals surface area contributed by atoms with Gasteiger partial charge >= 0.3 is 0 Å². The van der Waals surface area contributed by atoms with Crippen molar-refractivity contribution in [2.45, 2.75) is 44.7 Å². The maximum Gasteiger partial charge on any atom is 0.0931 e. The fourth-order valence-electron chi connectivity index (χ4n) is 3.05. The molecule has 1 fully saturated rings. The molecule has 1 aromatic carbocycles. The summed E-state index contributed by atoms with van der Waals surface area (Å²) < 4.78 is 0.875. The van der Waals surface area contributed by atoms with Crippen LogP contribution in [0.5, 0.6) is 0 Å². The molecule has 2 aromatic rings. The van der Waals surface area contributed by atoms with E-state index < -0.39 is 0 Å². The Labute approximate surface area is 130 Å². The minimum Gasteiger partial charge on any atom is -0.307 e. The van der Waals surface area contributed by atoms with Crippen LogP contribution >= 0.6 is 22.9 Å². The van der Waals surface area contributed by atoms with Gasteiger partial charge in [0.05, 0.1) is 4.34 Å². The molecule has 1 aliphatic rings. The van der Waals surface area contributed by atoms with Crippen molar-refractivity contribution in [2.24, 2.45) is 0 Å². The fourth-order valence-corrected chi connectivity index (χ4v) is 4.12. The van der Waals surface area contributed by atoms with Gasteiger partial charge in [-0.15, -0.1) is 11.3 Å². The highest BCUT2D eigenvalue weighted by Crippen LogP contribution is 2.39. The van der Waals surface area contributed by atoms with E-state index in [2.05, 4.69) is 49.5 Å². The summed E-state index contributed by atoms with van der Waals surface area (Å²) in [5, 5.41) is 3.72. The molecule has 1 N–H and O–H groups in total. The van der Waals surface area contributed by atoms with E-state index in [9.17, 15) is 0 Å². The van der Waals surface area contributed by atoms with Gasteiger partial charge in [0.25, 0.3) is 0 Å². The van der Waals surface area contributed by atoms with Crippen LogP contribution in [0.2, 0.25) is 4.34 Å². The lowest BCUT2D eigenvalue weighted by Crippen LogP contribution is -2.41. The molecule has 1 heterocycles. The van der Waals surface area contributed by atoms with Gasteiger partial charge in [-0.05, 0) is 55.9 Å². The summed E-state index contributed by atoms with van der Waals surface area (Å²) in [7, 11) is 0. The summed E-state index contributed by atoms with van der Waals surface area (Å²) in [6, 6.07) is 13.9. The first-order valence-electron chi connectivity index (χ1n) is 7.20. The highest BCUT2D eigenvalue weighted by Gasteiger charge is 2.31. The molecule has 0 radical (unpaired) electrons. The lowest BCUT2D eigenvalue weighted by molar-refractivity contribution is 0.271. The Balaban J connectivity index is 1.55. The smallest absolute Gasteiger partial charge is 0.0931 e. The van der Waals surface area contributed by atoms with Gasteiger partial charge in [-0.2, -0.15) is 0 Å². The zero-order chi connectivity index (χ0) is 14.1. The van der Waals surface area contributed by atoms with Crippen molar-refractivity contribution in [1.29, 1.82) is 0 Å². The van der Waals surface area contributed by atoms with Crippen molar-refractivity contribution >= 4 is 22.9 Å². The molecule has 0 saturated heterocycles. The van der Waals surface area contributed by atoms with E-state index >= 15 is 0 Å². The largest absolute Gasteiger partial charge is 0.307 e. The third kappa shape index (κ3) is 2.93. The van der Waals surface area contributed by atoms with Crippen LogP contribution < -0.4 is 5.32 Å². The summed E-state index contributed by atoms with van der Waals surface area (Å²) in [5.74, 6) is 0.729. The molecule has 0 aliphatic heterocycles. The van der Waals surface area contributed by atoms with Crippen LogP contribution in [0, 0.1) is 6.92 Å². The van der Waals surface area contributed by atoms with Gasteiger partial charge in [0.15, 0.2) is 0 Å². The average molecular weight is 306 g/mol. The number of benzene rings is 1. The Kier molecular flexibility index (Phi) is 4.16. The summed E-state index contributed by atoms with van der Waals surface area (Å²) in [6.45, 7) is 4.44. The second-order valence-corrected chi connectivity index (χ2v) is 7.50. The standard InChI is InChI=1S/C17H20ClNS/c1-11-5-3-4-6-15(11)13-9-14(10-13)19-12(2)16-7-8-17(18)20-16/h3-8,12-14,19H,9-10H2,1-2H3. The van der Waals surface area contributed by atoms with Crippen LogP contribution in [0.25, 0.3) is 0 Å². The third-order valence-corrected chi connectivity index (χ3v) is 5.69. The fraction of sp³-hybridized carbons (Fsp3) is 0.412. The third-order valence-electron chi connectivity index (χ3n) is 4.27. The minimum atomic E-state index is 0.398. The van der Waals surface area contributed by atoms with E-state index in [0.717, 1.165) is 10.3 Å². The van der Waals surface area contributed by atoms with Crippen molar-refractivity contribution < 1.29 is 0 Å². The molecule has 20 heavy (non-hydrogen) atoms. The summed E-state index contributed by atoms with van der Waals surface area (Å²) in [6.07, 6.45) is 2.49. The number of aryl methyl sites for hydroxylation is 1. The second-order valence-electron chi connectivity index (χ2n) is 5.75. The van der Waals surface area contributed by atoms with Crippen LogP contribution in [0.4, 0.5) is 0 Å². The van der Waals surface area contributed by atoms with Crippen molar-refractivity contribution in [3.63, 3.8) is 0 Å². The number of nitrogens with one attached hydrogen (secondary N) is 1. The zero-order valence-electron chi connectivity index (χ0n) is 11.9. The normalized spacial score (nSPS) is 23.4. The first-order chi connectivity index (χ1) is 9.63. The lowest BCUT2D eigenvalue weighted by Gasteiger charge is -2.38. The lowest BCUT2D eigenvalue weighted by atomic mass is 9.74. The molecular weight excluding hydrogens is 286 g/mol. The molecule has 1 aromatic heterocycles. The Morgan fingerprint density at radius 3 is 2.60 bits per heavy atom. The van der Waals surface area contributed by atoms with Gasteiger partial charge in [0.2, 0.25) is 0 Å². The van der Waals surface area contributed by atoms with E-state index in [1.807, 2.05) is 6.07 Å². The van der Waals surface area contributed by atoms with Gasteiger partial charge in [-0.3, -0.25) is 0 Å². The maximum atomic E-state index is 6.00. The van der Waals surface area contributed by atoms with Crippen LogP contribution in [-0.4, -0.2) is 6.04 Å². The van der Waals surface area contributed by atoms with Gasteiger partial charge in [-0.25, -0.2) is 0 Å². The van der Waals surface area contributed by atoms with E-state index in [4.69, 9.17) is 11.6 Å². The van der Waals surface area contributed by atoms with Crippen molar-refractivity contribution in [2.75, 3.05) is 0 Å².